The monoisotopic (exact) mass is 768 g/mol. The Morgan fingerprint density at radius 1 is 0.655 bits per heavy atom. The van der Waals surface area contributed by atoms with Crippen LogP contribution in [-0.4, -0.2) is 44.2 Å². The fraction of sp³-hybridized carbons (Fsp3) is 0.489. The van der Waals surface area contributed by atoms with Crippen molar-refractivity contribution in [1.29, 1.82) is 0 Å². The van der Waals surface area contributed by atoms with Crippen molar-refractivity contribution in [3.63, 3.8) is 0 Å². The summed E-state index contributed by atoms with van der Waals surface area (Å²) >= 11 is 0. The lowest BCUT2D eigenvalue weighted by Crippen LogP contribution is -2.40. The Labute approximate surface area is 331 Å². The SMILES string of the molecule is CCCCCCCCN(CCCCCCCC)CC1CC(c2ccc(CO)cc2)OC(c2ccc(-c3cccc(CNS(=O)(=O)c4ccccc4)c3)cc2)O1. The van der Waals surface area contributed by atoms with E-state index in [0.29, 0.717) is 0 Å². The highest BCUT2D eigenvalue weighted by Gasteiger charge is 2.33. The van der Waals surface area contributed by atoms with Crippen LogP contribution in [0.3, 0.4) is 0 Å². The zero-order valence-corrected chi connectivity index (χ0v) is 34.0. The number of unbranched alkanes of at least 4 members (excludes halogenated alkanes) is 10. The van der Waals surface area contributed by atoms with Gasteiger partial charge in [0.15, 0.2) is 6.29 Å². The lowest BCUT2D eigenvalue weighted by molar-refractivity contribution is -0.253. The first-order chi connectivity index (χ1) is 26.9. The average molecular weight is 769 g/mol. The van der Waals surface area contributed by atoms with Crippen LogP contribution in [0.5, 0.6) is 0 Å². The topological polar surface area (TPSA) is 88.1 Å². The van der Waals surface area contributed by atoms with Gasteiger partial charge >= 0.3 is 0 Å². The van der Waals surface area contributed by atoms with Crippen LogP contribution in [0.4, 0.5) is 0 Å². The molecule has 0 spiro atoms. The average Bonchev–Trinajstić information content (AvgIpc) is 3.23. The van der Waals surface area contributed by atoms with Crippen molar-refractivity contribution >= 4 is 10.0 Å². The van der Waals surface area contributed by atoms with Gasteiger partial charge in [-0.3, -0.25) is 0 Å². The summed E-state index contributed by atoms with van der Waals surface area (Å²) in [5.41, 5.74) is 5.88. The number of aliphatic hydroxyl groups excluding tert-OH is 1. The van der Waals surface area contributed by atoms with Gasteiger partial charge in [0.1, 0.15) is 0 Å². The molecule has 4 aromatic carbocycles. The summed E-state index contributed by atoms with van der Waals surface area (Å²) in [4.78, 5) is 2.90. The maximum Gasteiger partial charge on any atom is 0.240 e. The van der Waals surface area contributed by atoms with E-state index in [4.69, 9.17) is 9.47 Å². The molecule has 55 heavy (non-hydrogen) atoms. The summed E-state index contributed by atoms with van der Waals surface area (Å²) in [5, 5.41) is 9.67. The fourth-order valence-electron chi connectivity index (χ4n) is 7.40. The number of nitrogens with one attached hydrogen (secondary N) is 1. The van der Waals surface area contributed by atoms with Crippen molar-refractivity contribution in [2.24, 2.45) is 0 Å². The fourth-order valence-corrected chi connectivity index (χ4v) is 8.44. The molecule has 5 rings (SSSR count). The molecule has 0 saturated carbocycles. The van der Waals surface area contributed by atoms with E-state index < -0.39 is 16.3 Å². The molecule has 0 bridgehead atoms. The summed E-state index contributed by atoms with van der Waals surface area (Å²) in [6, 6.07) is 32.9. The molecule has 1 aliphatic rings. The summed E-state index contributed by atoms with van der Waals surface area (Å²) in [6.07, 6.45) is 15.6. The molecule has 2 N–H and O–H groups in total. The van der Waals surface area contributed by atoms with E-state index in [1.54, 1.807) is 30.3 Å². The summed E-state index contributed by atoms with van der Waals surface area (Å²) in [5.74, 6) is 0. The number of aliphatic hydroxyl groups is 1. The largest absolute Gasteiger partial charge is 0.392 e. The van der Waals surface area contributed by atoms with Crippen LogP contribution in [-0.2, 0) is 32.6 Å². The van der Waals surface area contributed by atoms with Gasteiger partial charge < -0.3 is 19.5 Å². The van der Waals surface area contributed by atoms with Crippen molar-refractivity contribution in [3.05, 3.63) is 125 Å². The molecule has 0 aromatic heterocycles. The van der Waals surface area contributed by atoms with E-state index in [9.17, 15) is 13.5 Å². The van der Waals surface area contributed by atoms with Gasteiger partial charge in [-0.25, -0.2) is 13.1 Å². The Morgan fingerprint density at radius 2 is 1.27 bits per heavy atom. The molecule has 0 aliphatic carbocycles. The molecule has 1 saturated heterocycles. The Morgan fingerprint density at radius 3 is 1.91 bits per heavy atom. The second-order valence-electron chi connectivity index (χ2n) is 15.1. The second kappa shape index (κ2) is 23.0. The van der Waals surface area contributed by atoms with Crippen molar-refractivity contribution in [2.45, 2.75) is 134 Å². The molecule has 0 amide bonds. The van der Waals surface area contributed by atoms with Gasteiger partial charge in [0.2, 0.25) is 10.0 Å². The molecular formula is C47H64N2O5S. The molecule has 0 radical (unpaired) electrons. The highest BCUT2D eigenvalue weighted by molar-refractivity contribution is 7.89. The van der Waals surface area contributed by atoms with Gasteiger partial charge in [0.25, 0.3) is 0 Å². The number of hydrogen-bond acceptors (Lipinski definition) is 6. The zero-order chi connectivity index (χ0) is 38.7. The van der Waals surface area contributed by atoms with Crippen LogP contribution in [0, 0.1) is 0 Å². The van der Waals surface area contributed by atoms with Crippen molar-refractivity contribution in [1.82, 2.24) is 9.62 Å². The van der Waals surface area contributed by atoms with Crippen LogP contribution >= 0.6 is 0 Å². The molecule has 7 nitrogen and oxygen atoms in total. The smallest absolute Gasteiger partial charge is 0.240 e. The minimum Gasteiger partial charge on any atom is -0.392 e. The van der Waals surface area contributed by atoms with Crippen LogP contribution in [0.1, 0.15) is 132 Å². The molecule has 1 heterocycles. The minimum atomic E-state index is -3.61. The molecule has 3 unspecified atom stereocenters. The van der Waals surface area contributed by atoms with Gasteiger partial charge in [-0.1, -0.05) is 163 Å². The number of sulfonamides is 1. The predicted octanol–water partition coefficient (Wildman–Crippen LogP) is 10.9. The molecule has 8 heteroatoms. The number of benzene rings is 4. The second-order valence-corrected chi connectivity index (χ2v) is 16.9. The van der Waals surface area contributed by atoms with E-state index >= 15 is 0 Å². The maximum atomic E-state index is 12.8. The van der Waals surface area contributed by atoms with Crippen molar-refractivity contribution in [2.75, 3.05) is 19.6 Å². The van der Waals surface area contributed by atoms with Crippen LogP contribution < -0.4 is 4.72 Å². The van der Waals surface area contributed by atoms with Gasteiger partial charge in [0.05, 0.1) is 23.7 Å². The van der Waals surface area contributed by atoms with Crippen LogP contribution in [0.2, 0.25) is 0 Å². The highest BCUT2D eigenvalue weighted by Crippen LogP contribution is 2.39. The van der Waals surface area contributed by atoms with E-state index in [1.165, 1.54) is 77.0 Å². The van der Waals surface area contributed by atoms with E-state index in [2.05, 4.69) is 59.9 Å². The first kappa shape index (κ1) is 42.8. The quantitative estimate of drug-likeness (QED) is 0.0690. The molecule has 3 atom stereocenters. The Balaban J connectivity index is 1.28. The minimum absolute atomic E-state index is 0.0116. The maximum absolute atomic E-state index is 12.8. The van der Waals surface area contributed by atoms with Gasteiger partial charge in [-0.15, -0.1) is 0 Å². The van der Waals surface area contributed by atoms with Crippen molar-refractivity contribution < 1.29 is 23.0 Å². The molecule has 1 aliphatic heterocycles. The number of hydrogen-bond donors (Lipinski definition) is 2. The number of rotatable bonds is 24. The summed E-state index contributed by atoms with van der Waals surface area (Å²) in [7, 11) is -3.61. The van der Waals surface area contributed by atoms with Crippen LogP contribution in [0.25, 0.3) is 11.1 Å². The van der Waals surface area contributed by atoms with E-state index in [-0.39, 0.29) is 30.3 Å². The highest BCUT2D eigenvalue weighted by atomic mass is 32.2. The van der Waals surface area contributed by atoms with Crippen molar-refractivity contribution in [3.8, 4) is 11.1 Å². The van der Waals surface area contributed by atoms with Gasteiger partial charge in [0, 0.05) is 25.1 Å². The standard InChI is InChI=1S/C47H64N2O5S/c1-3-5-7-9-11-16-31-49(32-17-12-10-8-6-4-2)36-44-34-46(41-25-23-38(37-50)24-26-41)54-47(53-44)42-29-27-40(28-30-42)43-20-18-19-39(33-43)35-48-55(51,52)45-21-14-13-15-22-45/h13-15,18-30,33,44,46-48,50H,3-12,16-17,31-32,34-37H2,1-2H3. The normalized spacial score (nSPS) is 17.5. The summed E-state index contributed by atoms with van der Waals surface area (Å²) in [6.45, 7) is 7.85. The molecular weight excluding hydrogens is 705 g/mol. The third-order valence-corrected chi connectivity index (χ3v) is 12.1. The van der Waals surface area contributed by atoms with E-state index in [0.717, 1.165) is 59.4 Å². The molecule has 298 valence electrons. The first-order valence-corrected chi connectivity index (χ1v) is 22.3. The predicted molar refractivity (Wildman–Crippen MR) is 224 cm³/mol. The number of ether oxygens (including phenoxy) is 2. The molecule has 1 fully saturated rings. The van der Waals surface area contributed by atoms with Crippen LogP contribution in [0.15, 0.2) is 108 Å². The Kier molecular flexibility index (Phi) is 17.9. The Bertz CT molecular complexity index is 1750. The third kappa shape index (κ3) is 14.0. The lowest BCUT2D eigenvalue weighted by Gasteiger charge is -2.38. The lowest BCUT2D eigenvalue weighted by atomic mass is 9.98. The Hall–Kier alpha value is -3.37. The van der Waals surface area contributed by atoms with Gasteiger partial charge in [-0.05, 0) is 71.9 Å². The number of nitrogens with zero attached hydrogens (tertiary/aromatic N) is 1. The third-order valence-electron chi connectivity index (χ3n) is 10.7. The van der Waals surface area contributed by atoms with E-state index in [1.807, 2.05) is 36.4 Å². The molecule has 4 aromatic rings. The zero-order valence-electron chi connectivity index (χ0n) is 33.2. The van der Waals surface area contributed by atoms with Gasteiger partial charge in [-0.2, -0.15) is 0 Å². The summed E-state index contributed by atoms with van der Waals surface area (Å²) < 4.78 is 41.9. The first-order valence-electron chi connectivity index (χ1n) is 20.9.